The maximum Gasteiger partial charge on any atom is 0.335 e. The number of carboxylic acid groups (broad SMARTS) is 1. The summed E-state index contributed by atoms with van der Waals surface area (Å²) < 4.78 is 0. The molecule has 0 saturated heterocycles. The summed E-state index contributed by atoms with van der Waals surface area (Å²) in [6.45, 7) is 2.94. The number of hydrogen-bond donors (Lipinski definition) is 2. The molecule has 2 rings (SSSR count). The van der Waals surface area contributed by atoms with Crippen LogP contribution in [0.1, 0.15) is 48.5 Å². The van der Waals surface area contributed by atoms with Gasteiger partial charge >= 0.3 is 5.97 Å². The lowest BCUT2D eigenvalue weighted by Gasteiger charge is -2.41. The van der Waals surface area contributed by atoms with Gasteiger partial charge in [-0.05, 0) is 42.4 Å². The number of aromatic carboxylic acids is 1. The number of hydrogen-bond acceptors (Lipinski definition) is 2. The second kappa shape index (κ2) is 6.07. The summed E-state index contributed by atoms with van der Waals surface area (Å²) in [5.41, 5.74) is 1.41. The van der Waals surface area contributed by atoms with Crippen LogP contribution in [0, 0.1) is 5.41 Å². The predicted molar refractivity (Wildman–Crippen MR) is 76.7 cm³/mol. The van der Waals surface area contributed by atoms with Gasteiger partial charge in [0.05, 0.1) is 12.0 Å². The van der Waals surface area contributed by atoms with Crippen LogP contribution >= 0.6 is 0 Å². The molecule has 0 radical (unpaired) electrons. The minimum absolute atomic E-state index is 0.00722. The minimum Gasteiger partial charge on any atom is -0.478 e. The normalized spacial score (nSPS) is 16.2. The predicted octanol–water partition coefficient (Wildman–Crippen LogP) is 2.62. The third-order valence-electron chi connectivity index (χ3n) is 4.39. The summed E-state index contributed by atoms with van der Waals surface area (Å²) in [7, 11) is 0. The molecule has 4 nitrogen and oxygen atoms in total. The Labute approximate surface area is 119 Å². The van der Waals surface area contributed by atoms with Crippen molar-refractivity contribution in [3.8, 4) is 0 Å². The smallest absolute Gasteiger partial charge is 0.335 e. The molecule has 20 heavy (non-hydrogen) atoms. The molecule has 0 aliphatic heterocycles. The SMILES string of the molecule is CCC1(CNC(=O)Cc2ccc(C(=O)O)cc2)CCC1. The van der Waals surface area contributed by atoms with Gasteiger partial charge in [0, 0.05) is 6.54 Å². The van der Waals surface area contributed by atoms with Crippen molar-refractivity contribution in [1.82, 2.24) is 5.32 Å². The van der Waals surface area contributed by atoms with Crippen molar-refractivity contribution in [2.45, 2.75) is 39.0 Å². The number of nitrogens with one attached hydrogen (secondary N) is 1. The van der Waals surface area contributed by atoms with Crippen LogP contribution in [0.3, 0.4) is 0 Å². The van der Waals surface area contributed by atoms with Crippen LogP contribution in [0.5, 0.6) is 0 Å². The van der Waals surface area contributed by atoms with E-state index in [9.17, 15) is 9.59 Å². The number of carbonyl (C=O) groups excluding carboxylic acids is 1. The van der Waals surface area contributed by atoms with E-state index in [1.807, 2.05) is 0 Å². The van der Waals surface area contributed by atoms with Crippen LogP contribution in [-0.4, -0.2) is 23.5 Å². The Morgan fingerprint density at radius 1 is 1.25 bits per heavy atom. The summed E-state index contributed by atoms with van der Waals surface area (Å²) in [5, 5.41) is 11.8. The van der Waals surface area contributed by atoms with Crippen LogP contribution in [0.15, 0.2) is 24.3 Å². The summed E-state index contributed by atoms with van der Waals surface area (Å²) in [6.07, 6.45) is 5.09. The highest BCUT2D eigenvalue weighted by atomic mass is 16.4. The number of rotatable bonds is 6. The van der Waals surface area contributed by atoms with Crippen LogP contribution in [0.2, 0.25) is 0 Å². The second-order valence-electron chi connectivity index (χ2n) is 5.66. The van der Waals surface area contributed by atoms with Gasteiger partial charge in [-0.15, -0.1) is 0 Å². The van der Waals surface area contributed by atoms with Gasteiger partial charge in [-0.1, -0.05) is 25.5 Å². The molecule has 0 atom stereocenters. The molecule has 0 bridgehead atoms. The molecule has 1 aliphatic rings. The van der Waals surface area contributed by atoms with E-state index in [1.54, 1.807) is 12.1 Å². The number of carbonyl (C=O) groups is 2. The molecular weight excluding hydrogens is 254 g/mol. The van der Waals surface area contributed by atoms with E-state index in [0.717, 1.165) is 18.5 Å². The van der Waals surface area contributed by atoms with Gasteiger partial charge < -0.3 is 10.4 Å². The lowest BCUT2D eigenvalue weighted by molar-refractivity contribution is -0.121. The van der Waals surface area contributed by atoms with E-state index in [4.69, 9.17) is 5.11 Å². The summed E-state index contributed by atoms with van der Waals surface area (Å²) in [4.78, 5) is 22.6. The Balaban J connectivity index is 1.83. The van der Waals surface area contributed by atoms with Crippen LogP contribution in [0.25, 0.3) is 0 Å². The first kappa shape index (κ1) is 14.6. The molecule has 1 saturated carbocycles. The van der Waals surface area contributed by atoms with Crippen molar-refractivity contribution in [2.75, 3.05) is 6.54 Å². The van der Waals surface area contributed by atoms with Crippen molar-refractivity contribution in [3.05, 3.63) is 35.4 Å². The highest BCUT2D eigenvalue weighted by molar-refractivity contribution is 5.87. The highest BCUT2D eigenvalue weighted by Crippen LogP contribution is 2.42. The Morgan fingerprint density at radius 3 is 2.35 bits per heavy atom. The highest BCUT2D eigenvalue weighted by Gasteiger charge is 2.35. The Morgan fingerprint density at radius 2 is 1.90 bits per heavy atom. The fourth-order valence-corrected chi connectivity index (χ4v) is 2.63. The quantitative estimate of drug-likeness (QED) is 0.838. The zero-order valence-electron chi connectivity index (χ0n) is 11.8. The van der Waals surface area contributed by atoms with Crippen molar-refractivity contribution in [1.29, 1.82) is 0 Å². The fourth-order valence-electron chi connectivity index (χ4n) is 2.63. The molecule has 108 valence electrons. The zero-order chi connectivity index (χ0) is 14.6. The van der Waals surface area contributed by atoms with Gasteiger partial charge in [-0.3, -0.25) is 4.79 Å². The molecule has 2 N–H and O–H groups in total. The third-order valence-corrected chi connectivity index (χ3v) is 4.39. The first-order valence-electron chi connectivity index (χ1n) is 7.14. The molecule has 1 aromatic rings. The van der Waals surface area contributed by atoms with Gasteiger partial charge in [-0.2, -0.15) is 0 Å². The van der Waals surface area contributed by atoms with Gasteiger partial charge in [0.25, 0.3) is 0 Å². The van der Waals surface area contributed by atoms with Crippen molar-refractivity contribution < 1.29 is 14.7 Å². The molecule has 1 amide bonds. The molecule has 1 aromatic carbocycles. The van der Waals surface area contributed by atoms with Crippen molar-refractivity contribution >= 4 is 11.9 Å². The summed E-state index contributed by atoms with van der Waals surface area (Å²) in [6, 6.07) is 6.46. The van der Waals surface area contributed by atoms with Gasteiger partial charge in [-0.25, -0.2) is 4.79 Å². The zero-order valence-corrected chi connectivity index (χ0v) is 11.8. The molecule has 1 fully saturated rings. The van der Waals surface area contributed by atoms with E-state index in [1.165, 1.54) is 31.4 Å². The van der Waals surface area contributed by atoms with Crippen molar-refractivity contribution in [2.24, 2.45) is 5.41 Å². The lowest BCUT2D eigenvalue weighted by Crippen LogP contribution is -2.42. The molecule has 0 spiro atoms. The Bertz CT molecular complexity index is 483. The summed E-state index contributed by atoms with van der Waals surface area (Å²) in [5.74, 6) is -0.941. The van der Waals surface area contributed by atoms with E-state index >= 15 is 0 Å². The van der Waals surface area contributed by atoms with Crippen molar-refractivity contribution in [3.63, 3.8) is 0 Å². The standard InChI is InChI=1S/C16H21NO3/c1-2-16(8-3-9-16)11-17-14(18)10-12-4-6-13(7-5-12)15(19)20/h4-7H,2-3,8-11H2,1H3,(H,17,18)(H,19,20). The average Bonchev–Trinajstić information content (AvgIpc) is 2.38. The van der Waals surface area contributed by atoms with E-state index in [-0.39, 0.29) is 11.5 Å². The number of amides is 1. The Hall–Kier alpha value is -1.84. The largest absolute Gasteiger partial charge is 0.478 e. The maximum atomic E-state index is 11.9. The summed E-state index contributed by atoms with van der Waals surface area (Å²) >= 11 is 0. The first-order valence-corrected chi connectivity index (χ1v) is 7.14. The Kier molecular flexibility index (Phi) is 4.42. The van der Waals surface area contributed by atoms with E-state index in [0.29, 0.717) is 11.8 Å². The fraction of sp³-hybridized carbons (Fsp3) is 0.500. The number of benzene rings is 1. The van der Waals surface area contributed by atoms with Crippen LogP contribution < -0.4 is 5.32 Å². The monoisotopic (exact) mass is 275 g/mol. The van der Waals surface area contributed by atoms with Crippen LogP contribution in [-0.2, 0) is 11.2 Å². The topological polar surface area (TPSA) is 66.4 Å². The lowest BCUT2D eigenvalue weighted by atomic mass is 9.67. The minimum atomic E-state index is -0.948. The molecule has 0 unspecified atom stereocenters. The van der Waals surface area contributed by atoms with Crippen LogP contribution in [0.4, 0.5) is 0 Å². The number of carboxylic acids is 1. The maximum absolute atomic E-state index is 11.9. The van der Waals surface area contributed by atoms with Gasteiger partial charge in [0.1, 0.15) is 0 Å². The van der Waals surface area contributed by atoms with Gasteiger partial charge in [0.2, 0.25) is 5.91 Å². The molecule has 0 aromatic heterocycles. The third kappa shape index (κ3) is 3.38. The molecule has 4 heteroatoms. The van der Waals surface area contributed by atoms with E-state index < -0.39 is 5.97 Å². The molecule has 0 heterocycles. The first-order chi connectivity index (χ1) is 9.54. The second-order valence-corrected chi connectivity index (χ2v) is 5.66. The molecule has 1 aliphatic carbocycles. The van der Waals surface area contributed by atoms with Gasteiger partial charge in [0.15, 0.2) is 0 Å². The average molecular weight is 275 g/mol. The van der Waals surface area contributed by atoms with E-state index in [2.05, 4.69) is 12.2 Å². The molecular formula is C16H21NO3.